The van der Waals surface area contributed by atoms with Gasteiger partial charge in [0.05, 0.1) is 10.9 Å². The number of fused-ring (bicyclic) bond motifs is 1. The van der Waals surface area contributed by atoms with Crippen LogP contribution < -0.4 is 10.2 Å². The van der Waals surface area contributed by atoms with Crippen LogP contribution in [0.25, 0.3) is 10.9 Å². The molecule has 1 fully saturated rings. The average Bonchev–Trinajstić information content (AvgIpc) is 3.23. The van der Waals surface area contributed by atoms with Gasteiger partial charge in [0, 0.05) is 18.3 Å². The van der Waals surface area contributed by atoms with E-state index in [0.29, 0.717) is 12.8 Å². The first kappa shape index (κ1) is 14.4. The van der Waals surface area contributed by atoms with Crippen LogP contribution in [0, 0.1) is 5.82 Å². The van der Waals surface area contributed by atoms with Gasteiger partial charge in [0.25, 0.3) is 0 Å². The van der Waals surface area contributed by atoms with E-state index in [9.17, 15) is 22.8 Å². The van der Waals surface area contributed by atoms with Crippen molar-refractivity contribution < 1.29 is 27.8 Å². The van der Waals surface area contributed by atoms with Gasteiger partial charge in [-0.2, -0.15) is 8.78 Å². The van der Waals surface area contributed by atoms with E-state index in [1.807, 2.05) is 0 Å². The minimum atomic E-state index is -3.19. The third-order valence-corrected chi connectivity index (χ3v) is 3.44. The third-order valence-electron chi connectivity index (χ3n) is 3.44. The zero-order valence-electron chi connectivity index (χ0n) is 11.1. The molecule has 116 valence electrons. The Bertz CT molecular complexity index is 827. The Morgan fingerprint density at radius 1 is 1.36 bits per heavy atom. The summed E-state index contributed by atoms with van der Waals surface area (Å²) in [4.78, 5) is 23.3. The highest BCUT2D eigenvalue weighted by Gasteiger charge is 2.29. The van der Waals surface area contributed by atoms with Gasteiger partial charge in [0.2, 0.25) is 5.43 Å². The zero-order chi connectivity index (χ0) is 16.0. The zero-order valence-corrected chi connectivity index (χ0v) is 11.1. The summed E-state index contributed by atoms with van der Waals surface area (Å²) in [6, 6.07) is 1.47. The lowest BCUT2D eigenvalue weighted by Gasteiger charge is -2.15. The molecule has 0 radical (unpaired) electrons. The fourth-order valence-electron chi connectivity index (χ4n) is 2.40. The number of alkyl halides is 2. The van der Waals surface area contributed by atoms with E-state index in [1.165, 1.54) is 4.57 Å². The predicted octanol–water partition coefficient (Wildman–Crippen LogP) is 2.78. The van der Waals surface area contributed by atoms with Crippen molar-refractivity contribution in [3.63, 3.8) is 0 Å². The molecule has 3 rings (SSSR count). The Morgan fingerprint density at radius 2 is 2.05 bits per heavy atom. The molecule has 0 amide bonds. The van der Waals surface area contributed by atoms with E-state index in [0.717, 1.165) is 18.3 Å². The molecule has 1 N–H and O–H groups in total. The number of benzene rings is 1. The normalized spacial score (nSPS) is 14.5. The Kier molecular flexibility index (Phi) is 3.31. The Labute approximate surface area is 121 Å². The highest BCUT2D eigenvalue weighted by molar-refractivity contribution is 5.94. The van der Waals surface area contributed by atoms with Gasteiger partial charge in [-0.05, 0) is 18.9 Å². The number of hydrogen-bond acceptors (Lipinski definition) is 3. The molecule has 1 aliphatic carbocycles. The molecule has 1 heterocycles. The van der Waals surface area contributed by atoms with Crippen LogP contribution >= 0.6 is 0 Å². The number of rotatable bonds is 4. The summed E-state index contributed by atoms with van der Waals surface area (Å²) >= 11 is 0. The van der Waals surface area contributed by atoms with Crippen LogP contribution in [0.1, 0.15) is 29.2 Å². The van der Waals surface area contributed by atoms with Crippen molar-refractivity contribution >= 4 is 16.9 Å². The lowest BCUT2D eigenvalue weighted by atomic mass is 10.1. The number of nitrogens with zero attached hydrogens (tertiary/aromatic N) is 1. The third kappa shape index (κ3) is 2.40. The smallest absolute Gasteiger partial charge is 0.387 e. The van der Waals surface area contributed by atoms with Crippen molar-refractivity contribution in [1.29, 1.82) is 0 Å². The summed E-state index contributed by atoms with van der Waals surface area (Å²) in [7, 11) is 0. The second-order valence-corrected chi connectivity index (χ2v) is 4.99. The van der Waals surface area contributed by atoms with E-state index in [4.69, 9.17) is 5.11 Å². The fourth-order valence-corrected chi connectivity index (χ4v) is 2.40. The van der Waals surface area contributed by atoms with E-state index in [1.54, 1.807) is 0 Å². The summed E-state index contributed by atoms with van der Waals surface area (Å²) in [5, 5.41) is 8.79. The summed E-state index contributed by atoms with van der Waals surface area (Å²) in [5.41, 5.74) is -1.48. The van der Waals surface area contributed by atoms with Crippen LogP contribution in [0.15, 0.2) is 23.1 Å². The van der Waals surface area contributed by atoms with Gasteiger partial charge in [-0.15, -0.1) is 0 Å². The number of aromatic carboxylic acids is 1. The van der Waals surface area contributed by atoms with Gasteiger partial charge in [-0.3, -0.25) is 4.79 Å². The Morgan fingerprint density at radius 3 is 2.59 bits per heavy atom. The van der Waals surface area contributed by atoms with Gasteiger partial charge in [-0.25, -0.2) is 9.18 Å². The van der Waals surface area contributed by atoms with Crippen LogP contribution in [0.4, 0.5) is 13.2 Å². The van der Waals surface area contributed by atoms with Crippen LogP contribution in [0.3, 0.4) is 0 Å². The largest absolute Gasteiger partial charge is 0.477 e. The first-order chi connectivity index (χ1) is 10.4. The number of ether oxygens (including phenoxy) is 1. The monoisotopic (exact) mass is 313 g/mol. The highest BCUT2D eigenvalue weighted by atomic mass is 19.3. The quantitative estimate of drug-likeness (QED) is 0.942. The SMILES string of the molecule is O=C(O)c1cn(C2CC2)c2c(OC(F)F)cc(F)cc2c1=O. The number of aromatic nitrogens is 1. The maximum atomic E-state index is 13.6. The average molecular weight is 313 g/mol. The molecular weight excluding hydrogens is 303 g/mol. The second-order valence-electron chi connectivity index (χ2n) is 4.99. The Hall–Kier alpha value is -2.51. The van der Waals surface area contributed by atoms with E-state index in [-0.39, 0.29) is 16.9 Å². The number of hydrogen-bond donors (Lipinski definition) is 1. The number of pyridine rings is 1. The topological polar surface area (TPSA) is 68.5 Å². The van der Waals surface area contributed by atoms with Crippen LogP contribution in [-0.2, 0) is 0 Å². The lowest BCUT2D eigenvalue weighted by Crippen LogP contribution is -2.19. The lowest BCUT2D eigenvalue weighted by molar-refractivity contribution is -0.0491. The molecular formula is C14H10F3NO4. The molecule has 1 aromatic heterocycles. The minimum absolute atomic E-state index is 0.0146. The van der Waals surface area contributed by atoms with Crippen molar-refractivity contribution in [1.82, 2.24) is 4.57 Å². The number of halogens is 3. The molecule has 0 saturated heterocycles. The van der Waals surface area contributed by atoms with Crippen molar-refractivity contribution in [3.05, 3.63) is 39.9 Å². The summed E-state index contributed by atoms with van der Waals surface area (Å²) in [6.07, 6.45) is 2.52. The van der Waals surface area contributed by atoms with Crippen molar-refractivity contribution in [2.45, 2.75) is 25.5 Å². The molecule has 1 aromatic carbocycles. The second kappa shape index (κ2) is 5.04. The van der Waals surface area contributed by atoms with E-state index in [2.05, 4.69) is 4.74 Å². The van der Waals surface area contributed by atoms with E-state index < -0.39 is 35.1 Å². The minimum Gasteiger partial charge on any atom is -0.477 e. The van der Waals surface area contributed by atoms with Gasteiger partial charge in [0.15, 0.2) is 5.75 Å². The van der Waals surface area contributed by atoms with Crippen molar-refractivity contribution in [3.8, 4) is 5.75 Å². The standard InChI is InChI=1S/C14H10F3NO4/c15-6-3-8-11(10(4-6)22-14(16)17)18(7-1-2-7)5-9(12(8)19)13(20)21/h3-5,7,14H,1-2H2,(H,20,21). The maximum Gasteiger partial charge on any atom is 0.387 e. The van der Waals surface area contributed by atoms with Crippen LogP contribution in [0.2, 0.25) is 0 Å². The first-order valence-electron chi connectivity index (χ1n) is 6.45. The molecule has 0 spiro atoms. The first-order valence-corrected chi connectivity index (χ1v) is 6.45. The molecule has 0 atom stereocenters. The van der Waals surface area contributed by atoms with Gasteiger partial charge in [0.1, 0.15) is 11.4 Å². The van der Waals surface area contributed by atoms with E-state index >= 15 is 0 Å². The van der Waals surface area contributed by atoms with Gasteiger partial charge in [-0.1, -0.05) is 0 Å². The summed E-state index contributed by atoms with van der Waals surface area (Å²) in [6.45, 7) is -3.19. The van der Waals surface area contributed by atoms with Crippen LogP contribution in [0.5, 0.6) is 5.75 Å². The molecule has 0 bridgehead atoms. The summed E-state index contributed by atoms with van der Waals surface area (Å²) < 4.78 is 44.3. The molecule has 8 heteroatoms. The molecule has 5 nitrogen and oxygen atoms in total. The van der Waals surface area contributed by atoms with Crippen molar-refractivity contribution in [2.75, 3.05) is 0 Å². The molecule has 1 saturated carbocycles. The number of carboxylic acids is 1. The molecule has 22 heavy (non-hydrogen) atoms. The van der Waals surface area contributed by atoms with Crippen molar-refractivity contribution in [2.24, 2.45) is 0 Å². The Balaban J connectivity index is 2.40. The number of carboxylic acid groups (broad SMARTS) is 1. The molecule has 0 aliphatic heterocycles. The predicted molar refractivity (Wildman–Crippen MR) is 70.0 cm³/mol. The highest BCUT2D eigenvalue weighted by Crippen LogP contribution is 2.39. The molecule has 2 aromatic rings. The maximum absolute atomic E-state index is 13.6. The van der Waals surface area contributed by atoms with Gasteiger partial charge >= 0.3 is 12.6 Å². The fraction of sp³-hybridized carbons (Fsp3) is 0.286. The van der Waals surface area contributed by atoms with Gasteiger partial charge < -0.3 is 14.4 Å². The summed E-state index contributed by atoms with van der Waals surface area (Å²) in [5.74, 6) is -2.89. The molecule has 0 unspecified atom stereocenters. The van der Waals surface area contributed by atoms with Crippen LogP contribution in [-0.4, -0.2) is 22.3 Å². The molecule has 1 aliphatic rings. The number of carbonyl (C=O) groups is 1.